The van der Waals surface area contributed by atoms with Gasteiger partial charge in [-0.3, -0.25) is 5.10 Å². The van der Waals surface area contributed by atoms with Gasteiger partial charge in [0.1, 0.15) is 4.90 Å². The Kier molecular flexibility index (Phi) is 4.15. The maximum atomic E-state index is 12.0. The van der Waals surface area contributed by atoms with Crippen LogP contribution in [0.2, 0.25) is 0 Å². The molecule has 0 fully saturated rings. The quantitative estimate of drug-likeness (QED) is 0.821. The van der Waals surface area contributed by atoms with Gasteiger partial charge in [-0.2, -0.15) is 5.10 Å². The fourth-order valence-corrected chi connectivity index (χ4v) is 3.39. The zero-order valence-electron chi connectivity index (χ0n) is 9.38. The van der Waals surface area contributed by atoms with E-state index >= 15 is 0 Å². The molecule has 18 heavy (non-hydrogen) atoms. The normalized spacial score (nSPS) is 13.4. The Hall–Kier alpha value is -1.18. The van der Waals surface area contributed by atoms with Gasteiger partial charge >= 0.3 is 0 Å². The molecular formula is C11H12BrN3O2S. The molecule has 96 valence electrons. The van der Waals surface area contributed by atoms with Gasteiger partial charge in [-0.05, 0) is 5.56 Å². The van der Waals surface area contributed by atoms with Crippen molar-refractivity contribution < 1.29 is 8.42 Å². The monoisotopic (exact) mass is 329 g/mol. The van der Waals surface area contributed by atoms with Crippen molar-refractivity contribution in [1.29, 1.82) is 0 Å². The Morgan fingerprint density at radius 3 is 2.61 bits per heavy atom. The van der Waals surface area contributed by atoms with E-state index in [-0.39, 0.29) is 10.9 Å². The molecule has 1 atom stereocenters. The van der Waals surface area contributed by atoms with Crippen molar-refractivity contribution in [1.82, 2.24) is 14.9 Å². The van der Waals surface area contributed by atoms with Crippen LogP contribution in [0, 0.1) is 0 Å². The third kappa shape index (κ3) is 2.98. The molecule has 0 saturated carbocycles. The largest absolute Gasteiger partial charge is 0.284 e. The lowest BCUT2D eigenvalue weighted by Crippen LogP contribution is -2.29. The molecule has 2 N–H and O–H groups in total. The summed E-state index contributed by atoms with van der Waals surface area (Å²) in [7, 11) is -3.55. The fraction of sp³-hybridized carbons (Fsp3) is 0.182. The highest BCUT2D eigenvalue weighted by Gasteiger charge is 2.21. The van der Waals surface area contributed by atoms with Crippen LogP contribution in [-0.2, 0) is 10.0 Å². The average Bonchev–Trinajstić information content (AvgIpc) is 2.92. The van der Waals surface area contributed by atoms with Crippen LogP contribution < -0.4 is 4.72 Å². The molecule has 1 heterocycles. The first-order chi connectivity index (χ1) is 8.63. The van der Waals surface area contributed by atoms with Gasteiger partial charge in [-0.25, -0.2) is 13.1 Å². The molecular weight excluding hydrogens is 318 g/mol. The number of nitrogens with one attached hydrogen (secondary N) is 2. The molecule has 0 saturated heterocycles. The SMILES string of the molecule is O=S(=O)(NC(CBr)c1ccccc1)c1cn[nH]c1. The molecule has 1 aromatic heterocycles. The zero-order chi connectivity index (χ0) is 13.0. The standard InChI is InChI=1S/C11H12BrN3O2S/c12-6-11(9-4-2-1-3-5-9)15-18(16,17)10-7-13-14-8-10/h1-5,7-8,11,15H,6H2,(H,13,14). The van der Waals surface area contributed by atoms with Gasteiger partial charge < -0.3 is 0 Å². The molecule has 0 radical (unpaired) electrons. The Morgan fingerprint density at radius 1 is 1.33 bits per heavy atom. The number of nitrogens with zero attached hydrogens (tertiary/aromatic N) is 1. The maximum absolute atomic E-state index is 12.0. The smallest absolute Gasteiger partial charge is 0.244 e. The van der Waals surface area contributed by atoms with Crippen LogP contribution in [0.25, 0.3) is 0 Å². The molecule has 1 aromatic carbocycles. The Balaban J connectivity index is 2.22. The van der Waals surface area contributed by atoms with Crippen LogP contribution in [0.15, 0.2) is 47.6 Å². The number of H-pyrrole nitrogens is 1. The average molecular weight is 330 g/mol. The van der Waals surface area contributed by atoms with Gasteiger partial charge in [-0.15, -0.1) is 0 Å². The van der Waals surface area contributed by atoms with Crippen molar-refractivity contribution in [2.24, 2.45) is 0 Å². The number of benzene rings is 1. The first-order valence-corrected chi connectivity index (χ1v) is 7.86. The highest BCUT2D eigenvalue weighted by molar-refractivity contribution is 9.09. The second kappa shape index (κ2) is 5.64. The van der Waals surface area contributed by atoms with E-state index in [2.05, 4.69) is 30.8 Å². The summed E-state index contributed by atoms with van der Waals surface area (Å²) < 4.78 is 26.7. The Bertz CT molecular complexity index is 584. The van der Waals surface area contributed by atoms with Crippen molar-refractivity contribution in [3.05, 3.63) is 48.3 Å². The molecule has 0 bridgehead atoms. The molecule has 5 nitrogen and oxygen atoms in total. The van der Waals surface area contributed by atoms with Crippen molar-refractivity contribution in [3.63, 3.8) is 0 Å². The second-order valence-corrected chi connectivity index (χ2v) is 6.03. The van der Waals surface area contributed by atoms with Gasteiger partial charge in [0.15, 0.2) is 0 Å². The van der Waals surface area contributed by atoms with Crippen molar-refractivity contribution in [3.8, 4) is 0 Å². The summed E-state index contributed by atoms with van der Waals surface area (Å²) in [4.78, 5) is 0.129. The highest BCUT2D eigenvalue weighted by Crippen LogP contribution is 2.18. The summed E-state index contributed by atoms with van der Waals surface area (Å²) in [5.74, 6) is 0. The summed E-state index contributed by atoms with van der Waals surface area (Å²) in [6.45, 7) is 0. The van der Waals surface area contributed by atoms with Gasteiger partial charge in [0.25, 0.3) is 0 Å². The van der Waals surface area contributed by atoms with E-state index in [4.69, 9.17) is 0 Å². The van der Waals surface area contributed by atoms with E-state index in [1.165, 1.54) is 12.4 Å². The fourth-order valence-electron chi connectivity index (χ4n) is 1.52. The first-order valence-electron chi connectivity index (χ1n) is 5.25. The van der Waals surface area contributed by atoms with Gasteiger partial charge in [0, 0.05) is 11.5 Å². The van der Waals surface area contributed by atoms with Crippen LogP contribution in [0.3, 0.4) is 0 Å². The van der Waals surface area contributed by atoms with E-state index in [0.717, 1.165) is 5.56 Å². The highest BCUT2D eigenvalue weighted by atomic mass is 79.9. The molecule has 2 rings (SSSR count). The molecule has 2 aromatic rings. The molecule has 1 unspecified atom stereocenters. The Labute approximate surface area is 114 Å². The van der Waals surface area contributed by atoms with E-state index in [9.17, 15) is 8.42 Å². The second-order valence-electron chi connectivity index (χ2n) is 3.67. The van der Waals surface area contributed by atoms with Crippen LogP contribution in [-0.4, -0.2) is 23.9 Å². The van der Waals surface area contributed by atoms with E-state index in [1.807, 2.05) is 30.3 Å². The molecule has 0 aliphatic heterocycles. The van der Waals surface area contributed by atoms with Gasteiger partial charge in [-0.1, -0.05) is 46.3 Å². The maximum Gasteiger partial charge on any atom is 0.244 e. The number of hydrogen-bond donors (Lipinski definition) is 2. The van der Waals surface area contributed by atoms with Crippen LogP contribution in [0.4, 0.5) is 0 Å². The predicted molar refractivity (Wildman–Crippen MR) is 71.9 cm³/mol. The lowest BCUT2D eigenvalue weighted by Gasteiger charge is -2.15. The minimum Gasteiger partial charge on any atom is -0.284 e. The molecule has 7 heteroatoms. The van der Waals surface area contributed by atoms with E-state index in [0.29, 0.717) is 5.33 Å². The third-order valence-corrected chi connectivity index (χ3v) is 4.52. The topological polar surface area (TPSA) is 74.8 Å². The van der Waals surface area contributed by atoms with Crippen molar-refractivity contribution in [2.45, 2.75) is 10.9 Å². The molecule has 0 amide bonds. The number of hydrogen-bond acceptors (Lipinski definition) is 3. The Morgan fingerprint density at radius 2 is 2.06 bits per heavy atom. The summed E-state index contributed by atoms with van der Waals surface area (Å²) in [5.41, 5.74) is 0.904. The molecule has 0 spiro atoms. The molecule has 0 aliphatic carbocycles. The van der Waals surface area contributed by atoms with Crippen LogP contribution in [0.1, 0.15) is 11.6 Å². The number of alkyl halides is 1. The lowest BCUT2D eigenvalue weighted by molar-refractivity contribution is 0.569. The number of halogens is 1. The summed E-state index contributed by atoms with van der Waals surface area (Å²) in [6.07, 6.45) is 2.62. The van der Waals surface area contributed by atoms with Crippen LogP contribution in [0.5, 0.6) is 0 Å². The third-order valence-electron chi connectivity index (χ3n) is 2.44. The summed E-state index contributed by atoms with van der Waals surface area (Å²) in [6, 6.07) is 9.08. The van der Waals surface area contributed by atoms with Gasteiger partial charge in [0.2, 0.25) is 10.0 Å². The minimum atomic E-state index is -3.55. The van der Waals surface area contributed by atoms with E-state index in [1.54, 1.807) is 0 Å². The summed E-state index contributed by atoms with van der Waals surface area (Å²) in [5, 5.41) is 6.62. The van der Waals surface area contributed by atoms with Gasteiger partial charge in [0.05, 0.1) is 12.2 Å². The molecule has 0 aliphatic rings. The number of sulfonamides is 1. The number of rotatable bonds is 5. The van der Waals surface area contributed by atoms with Crippen molar-refractivity contribution in [2.75, 3.05) is 5.33 Å². The van der Waals surface area contributed by atoms with E-state index < -0.39 is 10.0 Å². The summed E-state index contributed by atoms with van der Waals surface area (Å²) >= 11 is 3.32. The number of aromatic nitrogens is 2. The lowest BCUT2D eigenvalue weighted by atomic mass is 10.1. The van der Waals surface area contributed by atoms with Crippen LogP contribution >= 0.6 is 15.9 Å². The minimum absolute atomic E-state index is 0.129. The zero-order valence-corrected chi connectivity index (χ0v) is 11.8. The van der Waals surface area contributed by atoms with Crippen molar-refractivity contribution >= 4 is 26.0 Å². The first kappa shape index (κ1) is 13.3. The predicted octanol–water partition coefficient (Wildman–Crippen LogP) is 1.82. The number of aromatic amines is 1.